The Balaban J connectivity index is 1.71. The number of thioether (sulfide) groups is 1. The zero-order chi connectivity index (χ0) is 21.5. The number of aromatic nitrogens is 3. The fourth-order valence-electron chi connectivity index (χ4n) is 3.14. The molecule has 3 rings (SSSR count). The Bertz CT molecular complexity index is 986. The van der Waals surface area contributed by atoms with Crippen LogP contribution >= 0.6 is 23.4 Å². The number of rotatable bonds is 9. The van der Waals surface area contributed by atoms with Crippen LogP contribution in [0.25, 0.3) is 11.4 Å². The summed E-state index contributed by atoms with van der Waals surface area (Å²) in [4.78, 5) is 12.7. The largest absolute Gasteiger partial charge is 0.348 e. The Kier molecular flexibility index (Phi) is 7.71. The average Bonchev–Trinajstić information content (AvgIpc) is 3.14. The predicted molar refractivity (Wildman–Crippen MR) is 124 cm³/mol. The van der Waals surface area contributed by atoms with E-state index in [0.717, 1.165) is 17.0 Å². The molecule has 0 fully saturated rings. The number of allylic oxidation sites excluding steroid dienone is 1. The van der Waals surface area contributed by atoms with Gasteiger partial charge in [0.2, 0.25) is 5.91 Å². The summed E-state index contributed by atoms with van der Waals surface area (Å²) in [5.41, 5.74) is 2.01. The van der Waals surface area contributed by atoms with E-state index in [0.29, 0.717) is 16.7 Å². The zero-order valence-corrected chi connectivity index (χ0v) is 18.7. The third kappa shape index (κ3) is 5.52. The molecule has 7 heteroatoms. The van der Waals surface area contributed by atoms with E-state index in [9.17, 15) is 4.79 Å². The lowest BCUT2D eigenvalue weighted by molar-refractivity contribution is -0.119. The maximum atomic E-state index is 12.7. The number of halogens is 1. The number of amides is 1. The monoisotopic (exact) mass is 440 g/mol. The van der Waals surface area contributed by atoms with E-state index in [2.05, 4.69) is 35.9 Å². The molecule has 3 aromatic rings. The van der Waals surface area contributed by atoms with Crippen LogP contribution in [0.3, 0.4) is 0 Å². The number of hydrogen-bond donors (Lipinski definition) is 1. The normalized spacial score (nSPS) is 12.0. The lowest BCUT2D eigenvalue weighted by Gasteiger charge is -2.22. The van der Waals surface area contributed by atoms with Crippen LogP contribution in [0.5, 0.6) is 0 Å². The van der Waals surface area contributed by atoms with E-state index in [4.69, 9.17) is 11.6 Å². The molecule has 30 heavy (non-hydrogen) atoms. The second-order valence-corrected chi connectivity index (χ2v) is 8.58. The Morgan fingerprint density at radius 1 is 1.17 bits per heavy atom. The predicted octanol–water partition coefficient (Wildman–Crippen LogP) is 5.39. The van der Waals surface area contributed by atoms with Crippen LogP contribution in [-0.2, 0) is 11.3 Å². The van der Waals surface area contributed by atoms with Gasteiger partial charge in [-0.1, -0.05) is 73.6 Å². The van der Waals surface area contributed by atoms with Crippen molar-refractivity contribution in [1.82, 2.24) is 20.1 Å². The summed E-state index contributed by atoms with van der Waals surface area (Å²) in [6.07, 6.45) is 1.79. The molecule has 1 unspecified atom stereocenters. The summed E-state index contributed by atoms with van der Waals surface area (Å²) in [6.45, 7) is 8.58. The number of nitrogens with one attached hydrogen (secondary N) is 1. The molecule has 0 bridgehead atoms. The fourth-order valence-corrected chi connectivity index (χ4v) is 4.03. The van der Waals surface area contributed by atoms with Crippen molar-refractivity contribution in [2.45, 2.75) is 31.6 Å². The number of carbonyl (C=O) groups excluding carboxylic acids is 1. The standard InChI is InChI=1S/C23H25ClN4OS/c1-4-14-28-22(18-10-12-19(24)13-11-18)26-27-23(28)30-15-20(29)25-21(16(2)3)17-8-6-5-7-9-17/h4-13,16,21H,1,14-15H2,2-3H3,(H,25,29). The maximum Gasteiger partial charge on any atom is 0.230 e. The molecule has 1 heterocycles. The van der Waals surface area contributed by atoms with Crippen molar-refractivity contribution >= 4 is 29.3 Å². The van der Waals surface area contributed by atoms with Gasteiger partial charge in [-0.25, -0.2) is 0 Å². The molecule has 2 aromatic carbocycles. The van der Waals surface area contributed by atoms with Gasteiger partial charge in [0.25, 0.3) is 0 Å². The molecule has 1 amide bonds. The van der Waals surface area contributed by atoms with E-state index < -0.39 is 0 Å². The first kappa shape index (κ1) is 22.1. The first-order valence-corrected chi connectivity index (χ1v) is 11.1. The molecule has 0 aliphatic rings. The Morgan fingerprint density at radius 3 is 2.50 bits per heavy atom. The molecular weight excluding hydrogens is 416 g/mol. The highest BCUT2D eigenvalue weighted by atomic mass is 35.5. The highest BCUT2D eigenvalue weighted by Gasteiger charge is 2.20. The minimum Gasteiger partial charge on any atom is -0.348 e. The molecular formula is C23H25ClN4OS. The van der Waals surface area contributed by atoms with Crippen molar-refractivity contribution in [1.29, 1.82) is 0 Å². The summed E-state index contributed by atoms with van der Waals surface area (Å²) in [7, 11) is 0. The minimum atomic E-state index is -0.0382. The fraction of sp³-hybridized carbons (Fsp3) is 0.261. The van der Waals surface area contributed by atoms with Gasteiger partial charge in [-0.15, -0.1) is 16.8 Å². The quantitative estimate of drug-likeness (QED) is 0.358. The van der Waals surface area contributed by atoms with Crippen molar-refractivity contribution in [3.8, 4) is 11.4 Å². The summed E-state index contributed by atoms with van der Waals surface area (Å²) in [5.74, 6) is 1.22. The van der Waals surface area contributed by atoms with Crippen molar-refractivity contribution < 1.29 is 4.79 Å². The van der Waals surface area contributed by atoms with Gasteiger partial charge in [0, 0.05) is 17.1 Å². The van der Waals surface area contributed by atoms with Crippen molar-refractivity contribution in [3.63, 3.8) is 0 Å². The van der Waals surface area contributed by atoms with Gasteiger partial charge >= 0.3 is 0 Å². The number of carbonyl (C=O) groups is 1. The average molecular weight is 441 g/mol. The lowest BCUT2D eigenvalue weighted by atomic mass is 9.96. The van der Waals surface area contributed by atoms with Crippen molar-refractivity contribution in [3.05, 3.63) is 77.8 Å². The van der Waals surface area contributed by atoms with Gasteiger partial charge in [-0.05, 0) is 35.7 Å². The van der Waals surface area contributed by atoms with Gasteiger partial charge in [0.05, 0.1) is 11.8 Å². The summed E-state index contributed by atoms with van der Waals surface area (Å²) in [5, 5.41) is 13.1. The molecule has 1 aromatic heterocycles. The highest BCUT2D eigenvalue weighted by molar-refractivity contribution is 7.99. The summed E-state index contributed by atoms with van der Waals surface area (Å²) >= 11 is 7.36. The molecule has 1 N–H and O–H groups in total. The first-order valence-electron chi connectivity index (χ1n) is 9.76. The van der Waals surface area contributed by atoms with Crippen LogP contribution in [0.15, 0.2) is 72.4 Å². The van der Waals surface area contributed by atoms with E-state index >= 15 is 0 Å². The van der Waals surface area contributed by atoms with Gasteiger partial charge in [-0.3, -0.25) is 9.36 Å². The topological polar surface area (TPSA) is 59.8 Å². The third-order valence-corrected chi connectivity index (χ3v) is 5.82. The van der Waals surface area contributed by atoms with E-state index in [1.807, 2.05) is 59.2 Å². The second-order valence-electron chi connectivity index (χ2n) is 7.20. The van der Waals surface area contributed by atoms with Crippen molar-refractivity contribution in [2.24, 2.45) is 5.92 Å². The second kappa shape index (κ2) is 10.5. The van der Waals surface area contributed by atoms with E-state index in [-0.39, 0.29) is 23.6 Å². The van der Waals surface area contributed by atoms with E-state index in [1.54, 1.807) is 6.08 Å². The number of hydrogen-bond acceptors (Lipinski definition) is 4. The summed E-state index contributed by atoms with van der Waals surface area (Å²) in [6, 6.07) is 17.4. The molecule has 0 saturated carbocycles. The van der Waals surface area contributed by atoms with E-state index in [1.165, 1.54) is 11.8 Å². The third-order valence-electron chi connectivity index (χ3n) is 4.61. The summed E-state index contributed by atoms with van der Waals surface area (Å²) < 4.78 is 1.95. The minimum absolute atomic E-state index is 0.0324. The van der Waals surface area contributed by atoms with Crippen LogP contribution in [0.2, 0.25) is 5.02 Å². The SMILES string of the molecule is C=CCn1c(SCC(=O)NC(c2ccccc2)C(C)C)nnc1-c1ccc(Cl)cc1. The van der Waals surface area contributed by atoms with Crippen LogP contribution < -0.4 is 5.32 Å². The molecule has 5 nitrogen and oxygen atoms in total. The molecule has 156 valence electrons. The van der Waals surface area contributed by atoms with Gasteiger partial charge in [0.1, 0.15) is 0 Å². The Hall–Kier alpha value is -2.57. The van der Waals surface area contributed by atoms with Gasteiger partial charge in [0.15, 0.2) is 11.0 Å². The highest BCUT2D eigenvalue weighted by Crippen LogP contribution is 2.26. The molecule has 1 atom stereocenters. The Morgan fingerprint density at radius 2 is 1.87 bits per heavy atom. The first-order chi connectivity index (χ1) is 14.5. The number of benzene rings is 2. The maximum absolute atomic E-state index is 12.7. The molecule has 0 radical (unpaired) electrons. The lowest BCUT2D eigenvalue weighted by Crippen LogP contribution is -2.33. The van der Waals surface area contributed by atoms with Crippen LogP contribution in [0, 0.1) is 5.92 Å². The van der Waals surface area contributed by atoms with Gasteiger partial charge < -0.3 is 5.32 Å². The molecule has 0 spiro atoms. The number of nitrogens with zero attached hydrogens (tertiary/aromatic N) is 3. The van der Waals surface area contributed by atoms with Gasteiger partial charge in [-0.2, -0.15) is 0 Å². The van der Waals surface area contributed by atoms with Crippen LogP contribution in [0.4, 0.5) is 0 Å². The molecule has 0 saturated heterocycles. The van der Waals surface area contributed by atoms with Crippen LogP contribution in [-0.4, -0.2) is 26.4 Å². The van der Waals surface area contributed by atoms with Crippen molar-refractivity contribution in [2.75, 3.05) is 5.75 Å². The Labute approximate surface area is 186 Å². The van der Waals surface area contributed by atoms with Crippen LogP contribution in [0.1, 0.15) is 25.5 Å². The smallest absolute Gasteiger partial charge is 0.230 e. The molecule has 0 aliphatic heterocycles. The molecule has 0 aliphatic carbocycles. The zero-order valence-electron chi connectivity index (χ0n) is 17.1.